The molecule has 0 atom stereocenters. The van der Waals surface area contributed by atoms with E-state index in [4.69, 9.17) is 10.5 Å². The van der Waals surface area contributed by atoms with Crippen molar-refractivity contribution >= 4 is 11.7 Å². The van der Waals surface area contributed by atoms with Gasteiger partial charge in [0.25, 0.3) is 0 Å². The maximum Gasteiger partial charge on any atom is 0.337 e. The number of nitrogens with two attached hydrogens (primary N) is 1. The Bertz CT molecular complexity index is 393. The van der Waals surface area contributed by atoms with Gasteiger partial charge in [-0.2, -0.15) is 0 Å². The molecule has 1 rings (SSSR count). The largest absolute Gasteiger partial charge is 0.465 e. The normalized spacial score (nSPS) is 11.0. The number of esters is 1. The highest BCUT2D eigenvalue weighted by atomic mass is 16.5. The van der Waals surface area contributed by atoms with E-state index in [1.54, 1.807) is 0 Å². The van der Waals surface area contributed by atoms with Gasteiger partial charge >= 0.3 is 5.97 Å². The SMILES string of the molecule is COC(=O)c1cc(C(C)C)c(N)c(C(C)C)c1. The third-order valence-electron chi connectivity index (χ3n) is 2.91. The van der Waals surface area contributed by atoms with Crippen LogP contribution in [0.4, 0.5) is 5.69 Å². The lowest BCUT2D eigenvalue weighted by molar-refractivity contribution is 0.0600. The molecule has 0 amide bonds. The smallest absolute Gasteiger partial charge is 0.337 e. The van der Waals surface area contributed by atoms with Gasteiger partial charge < -0.3 is 10.5 Å². The van der Waals surface area contributed by atoms with E-state index in [0.29, 0.717) is 5.56 Å². The summed E-state index contributed by atoms with van der Waals surface area (Å²) in [6.45, 7) is 8.27. The van der Waals surface area contributed by atoms with Crippen LogP contribution in [0.3, 0.4) is 0 Å². The van der Waals surface area contributed by atoms with Crippen molar-refractivity contribution in [2.75, 3.05) is 12.8 Å². The van der Waals surface area contributed by atoms with Crippen LogP contribution in [0, 0.1) is 0 Å². The minimum atomic E-state index is -0.311. The van der Waals surface area contributed by atoms with Gasteiger partial charge in [0, 0.05) is 5.69 Å². The Balaban J connectivity index is 3.42. The Morgan fingerprint density at radius 3 is 1.82 bits per heavy atom. The Labute approximate surface area is 103 Å². The van der Waals surface area contributed by atoms with Crippen molar-refractivity contribution in [3.63, 3.8) is 0 Å². The molecule has 0 aromatic heterocycles. The van der Waals surface area contributed by atoms with Crippen molar-refractivity contribution in [3.05, 3.63) is 28.8 Å². The second-order valence-electron chi connectivity index (χ2n) is 4.87. The Hall–Kier alpha value is -1.51. The molecule has 2 N–H and O–H groups in total. The zero-order chi connectivity index (χ0) is 13.2. The average Bonchev–Trinajstić information content (AvgIpc) is 2.27. The van der Waals surface area contributed by atoms with Gasteiger partial charge in [-0.3, -0.25) is 0 Å². The molecule has 0 aliphatic carbocycles. The summed E-state index contributed by atoms with van der Waals surface area (Å²) >= 11 is 0. The molecule has 3 nitrogen and oxygen atoms in total. The van der Waals surface area contributed by atoms with Crippen LogP contribution in [0.2, 0.25) is 0 Å². The minimum absolute atomic E-state index is 0.289. The average molecular weight is 235 g/mol. The maximum absolute atomic E-state index is 11.6. The number of anilines is 1. The summed E-state index contributed by atoms with van der Waals surface area (Å²) in [5, 5.41) is 0. The Morgan fingerprint density at radius 1 is 1.12 bits per heavy atom. The maximum atomic E-state index is 11.6. The lowest BCUT2D eigenvalue weighted by atomic mass is 9.90. The molecule has 17 heavy (non-hydrogen) atoms. The van der Waals surface area contributed by atoms with Crippen LogP contribution in [0.25, 0.3) is 0 Å². The van der Waals surface area contributed by atoms with Gasteiger partial charge in [-0.05, 0) is 35.1 Å². The predicted molar refractivity (Wildman–Crippen MR) is 70.4 cm³/mol. The summed E-state index contributed by atoms with van der Waals surface area (Å²) in [5.41, 5.74) is 9.54. The molecule has 1 aromatic carbocycles. The number of nitrogen functional groups attached to an aromatic ring is 1. The van der Waals surface area contributed by atoms with Crippen LogP contribution in [-0.2, 0) is 4.74 Å². The highest BCUT2D eigenvalue weighted by Gasteiger charge is 2.16. The zero-order valence-corrected chi connectivity index (χ0v) is 11.2. The summed E-state index contributed by atoms with van der Waals surface area (Å²) in [6, 6.07) is 3.66. The van der Waals surface area contributed by atoms with Crippen molar-refractivity contribution in [2.24, 2.45) is 0 Å². The number of rotatable bonds is 3. The third kappa shape index (κ3) is 2.78. The van der Waals surface area contributed by atoms with Gasteiger partial charge in [0.05, 0.1) is 12.7 Å². The van der Waals surface area contributed by atoms with Crippen molar-refractivity contribution < 1.29 is 9.53 Å². The van der Waals surface area contributed by atoms with Gasteiger partial charge in [-0.25, -0.2) is 4.79 Å². The fraction of sp³-hybridized carbons (Fsp3) is 0.500. The summed E-state index contributed by atoms with van der Waals surface area (Å²) in [4.78, 5) is 11.6. The fourth-order valence-corrected chi connectivity index (χ4v) is 1.89. The molecule has 1 aromatic rings. The summed E-state index contributed by atoms with van der Waals surface area (Å²) in [6.07, 6.45) is 0. The van der Waals surface area contributed by atoms with Crippen LogP contribution in [0.15, 0.2) is 12.1 Å². The van der Waals surface area contributed by atoms with E-state index in [2.05, 4.69) is 27.7 Å². The van der Waals surface area contributed by atoms with Crippen LogP contribution in [0.5, 0.6) is 0 Å². The topological polar surface area (TPSA) is 52.3 Å². The third-order valence-corrected chi connectivity index (χ3v) is 2.91. The van der Waals surface area contributed by atoms with E-state index in [0.717, 1.165) is 16.8 Å². The van der Waals surface area contributed by atoms with Crippen LogP contribution < -0.4 is 5.73 Å². The fourth-order valence-electron chi connectivity index (χ4n) is 1.89. The van der Waals surface area contributed by atoms with Crippen molar-refractivity contribution in [3.8, 4) is 0 Å². The first-order valence-electron chi connectivity index (χ1n) is 5.90. The number of hydrogen-bond donors (Lipinski definition) is 1. The molecule has 94 valence electrons. The Morgan fingerprint density at radius 2 is 1.53 bits per heavy atom. The molecule has 0 unspecified atom stereocenters. The first-order chi connectivity index (χ1) is 7.88. The summed E-state index contributed by atoms with van der Waals surface area (Å²) < 4.78 is 4.77. The highest BCUT2D eigenvalue weighted by molar-refractivity contribution is 5.90. The van der Waals surface area contributed by atoms with Gasteiger partial charge in [0.2, 0.25) is 0 Å². The molecule has 0 bridgehead atoms. The highest BCUT2D eigenvalue weighted by Crippen LogP contribution is 2.31. The zero-order valence-electron chi connectivity index (χ0n) is 11.2. The first kappa shape index (κ1) is 13.6. The van der Waals surface area contributed by atoms with Crippen LogP contribution in [-0.4, -0.2) is 13.1 Å². The number of benzene rings is 1. The van der Waals surface area contributed by atoms with Gasteiger partial charge in [-0.1, -0.05) is 27.7 Å². The quantitative estimate of drug-likeness (QED) is 0.646. The van der Waals surface area contributed by atoms with Crippen molar-refractivity contribution in [1.29, 1.82) is 0 Å². The van der Waals surface area contributed by atoms with Crippen molar-refractivity contribution in [1.82, 2.24) is 0 Å². The van der Waals surface area contributed by atoms with Crippen LogP contribution >= 0.6 is 0 Å². The van der Waals surface area contributed by atoms with E-state index in [9.17, 15) is 4.79 Å². The lowest BCUT2D eigenvalue weighted by Gasteiger charge is -2.17. The van der Waals surface area contributed by atoms with Crippen molar-refractivity contribution in [2.45, 2.75) is 39.5 Å². The Kier molecular flexibility index (Phi) is 4.16. The molecule has 0 radical (unpaired) electrons. The monoisotopic (exact) mass is 235 g/mol. The minimum Gasteiger partial charge on any atom is -0.465 e. The van der Waals surface area contributed by atoms with Crippen LogP contribution in [0.1, 0.15) is 61.0 Å². The number of methoxy groups -OCH3 is 1. The van der Waals surface area contributed by atoms with E-state index < -0.39 is 0 Å². The molecule has 3 heteroatoms. The van der Waals surface area contributed by atoms with Gasteiger partial charge in [0.15, 0.2) is 0 Å². The number of ether oxygens (including phenoxy) is 1. The summed E-state index contributed by atoms with van der Waals surface area (Å²) in [5.74, 6) is 0.267. The standard InChI is InChI=1S/C14H21NO2/c1-8(2)11-6-10(14(16)17-5)7-12(9(3)4)13(11)15/h6-9H,15H2,1-5H3. The second kappa shape index (κ2) is 5.21. The summed E-state index contributed by atoms with van der Waals surface area (Å²) in [7, 11) is 1.39. The molecular formula is C14H21NO2. The molecule has 0 aliphatic heterocycles. The van der Waals surface area contributed by atoms with Gasteiger partial charge in [0.1, 0.15) is 0 Å². The number of carbonyl (C=O) groups excluding carboxylic acids is 1. The molecule has 0 saturated heterocycles. The molecule has 0 fully saturated rings. The van der Waals surface area contributed by atoms with Gasteiger partial charge in [-0.15, -0.1) is 0 Å². The second-order valence-corrected chi connectivity index (χ2v) is 4.87. The van der Waals surface area contributed by atoms with E-state index >= 15 is 0 Å². The first-order valence-corrected chi connectivity index (χ1v) is 5.90. The lowest BCUT2D eigenvalue weighted by Crippen LogP contribution is -2.09. The molecule has 0 heterocycles. The van der Waals surface area contributed by atoms with E-state index in [1.165, 1.54) is 7.11 Å². The van der Waals surface area contributed by atoms with E-state index in [-0.39, 0.29) is 17.8 Å². The predicted octanol–water partition coefficient (Wildman–Crippen LogP) is 3.30. The number of hydrogen-bond acceptors (Lipinski definition) is 3. The van der Waals surface area contributed by atoms with E-state index in [1.807, 2.05) is 12.1 Å². The number of carbonyl (C=O) groups is 1. The molecule has 0 spiro atoms. The molecular weight excluding hydrogens is 214 g/mol. The molecule has 0 aliphatic rings. The molecule has 0 saturated carbocycles.